The third-order valence-corrected chi connectivity index (χ3v) is 3.08. The molecule has 0 heterocycles. The standard InChI is InChI=1S/C18H22N2O2/c1-14(2)19-18(21)13-20(3)16-11-7-8-12-17(16)22-15-9-5-4-6-10-15/h4-12,14H,13H2,1-3H3,(H,19,21). The first kappa shape index (κ1) is 15.9. The van der Waals surface area contributed by atoms with E-state index in [4.69, 9.17) is 4.74 Å². The Labute approximate surface area is 131 Å². The Morgan fingerprint density at radius 3 is 2.41 bits per heavy atom. The first-order valence-corrected chi connectivity index (χ1v) is 7.38. The summed E-state index contributed by atoms with van der Waals surface area (Å²) in [5.41, 5.74) is 0.880. The highest BCUT2D eigenvalue weighted by Gasteiger charge is 2.13. The zero-order chi connectivity index (χ0) is 15.9. The molecule has 0 unspecified atom stereocenters. The summed E-state index contributed by atoms with van der Waals surface area (Å²) in [4.78, 5) is 13.8. The van der Waals surface area contributed by atoms with Crippen molar-refractivity contribution in [1.82, 2.24) is 5.32 Å². The third kappa shape index (κ3) is 4.52. The van der Waals surface area contributed by atoms with Crippen LogP contribution in [0.25, 0.3) is 0 Å². The molecule has 2 rings (SSSR count). The number of hydrogen-bond acceptors (Lipinski definition) is 3. The number of hydrogen-bond donors (Lipinski definition) is 1. The highest BCUT2D eigenvalue weighted by molar-refractivity contribution is 5.82. The highest BCUT2D eigenvalue weighted by atomic mass is 16.5. The lowest BCUT2D eigenvalue weighted by Crippen LogP contribution is -2.38. The second-order valence-corrected chi connectivity index (χ2v) is 5.46. The second kappa shape index (κ2) is 7.50. The van der Waals surface area contributed by atoms with Gasteiger partial charge in [0, 0.05) is 13.1 Å². The summed E-state index contributed by atoms with van der Waals surface area (Å²) in [6.45, 7) is 4.18. The lowest BCUT2D eigenvalue weighted by molar-refractivity contribution is -0.120. The van der Waals surface area contributed by atoms with Gasteiger partial charge in [0.1, 0.15) is 5.75 Å². The van der Waals surface area contributed by atoms with Crippen molar-refractivity contribution in [3.63, 3.8) is 0 Å². The van der Waals surface area contributed by atoms with Gasteiger partial charge in [-0.15, -0.1) is 0 Å². The Balaban J connectivity index is 2.12. The summed E-state index contributed by atoms with van der Waals surface area (Å²) < 4.78 is 5.92. The number of para-hydroxylation sites is 3. The van der Waals surface area contributed by atoms with Gasteiger partial charge in [0.2, 0.25) is 5.91 Å². The lowest BCUT2D eigenvalue weighted by atomic mass is 10.2. The van der Waals surface area contributed by atoms with E-state index in [0.29, 0.717) is 0 Å². The maximum absolute atomic E-state index is 11.9. The Hall–Kier alpha value is -2.49. The van der Waals surface area contributed by atoms with Crippen LogP contribution in [0.1, 0.15) is 13.8 Å². The minimum atomic E-state index is -0.00739. The minimum absolute atomic E-state index is 0.00739. The average Bonchev–Trinajstić information content (AvgIpc) is 2.47. The first-order chi connectivity index (χ1) is 10.6. The molecule has 4 nitrogen and oxygen atoms in total. The average molecular weight is 298 g/mol. The largest absolute Gasteiger partial charge is 0.455 e. The molecule has 0 bridgehead atoms. The van der Waals surface area contributed by atoms with Crippen LogP contribution in [0, 0.1) is 0 Å². The minimum Gasteiger partial charge on any atom is -0.455 e. The van der Waals surface area contributed by atoms with Gasteiger partial charge < -0.3 is 15.0 Å². The molecule has 2 aromatic carbocycles. The Kier molecular flexibility index (Phi) is 5.42. The predicted molar refractivity (Wildman–Crippen MR) is 89.5 cm³/mol. The summed E-state index contributed by atoms with van der Waals surface area (Å²) in [5.74, 6) is 1.50. The van der Waals surface area contributed by atoms with E-state index < -0.39 is 0 Å². The number of benzene rings is 2. The molecule has 0 aromatic heterocycles. The molecule has 1 N–H and O–H groups in total. The van der Waals surface area contributed by atoms with Crippen molar-refractivity contribution in [2.75, 3.05) is 18.5 Å². The molecule has 0 saturated carbocycles. The van der Waals surface area contributed by atoms with E-state index in [1.165, 1.54) is 0 Å². The number of likely N-dealkylation sites (N-methyl/N-ethyl adjacent to an activating group) is 1. The van der Waals surface area contributed by atoms with E-state index >= 15 is 0 Å². The van der Waals surface area contributed by atoms with Crippen LogP contribution in [0.5, 0.6) is 11.5 Å². The van der Waals surface area contributed by atoms with Crippen LogP contribution in [-0.2, 0) is 4.79 Å². The van der Waals surface area contributed by atoms with Crippen molar-refractivity contribution in [2.45, 2.75) is 19.9 Å². The molecular formula is C18H22N2O2. The summed E-state index contributed by atoms with van der Waals surface area (Å²) in [5, 5.41) is 2.89. The van der Waals surface area contributed by atoms with E-state index in [0.717, 1.165) is 17.2 Å². The third-order valence-electron chi connectivity index (χ3n) is 3.08. The molecule has 4 heteroatoms. The quantitative estimate of drug-likeness (QED) is 0.888. The van der Waals surface area contributed by atoms with Crippen LogP contribution < -0.4 is 15.0 Å². The molecule has 2 aromatic rings. The van der Waals surface area contributed by atoms with Crippen molar-refractivity contribution < 1.29 is 9.53 Å². The topological polar surface area (TPSA) is 41.6 Å². The number of carbonyl (C=O) groups excluding carboxylic acids is 1. The van der Waals surface area contributed by atoms with Gasteiger partial charge in [0.25, 0.3) is 0 Å². The molecule has 0 saturated heterocycles. The normalized spacial score (nSPS) is 10.4. The van der Waals surface area contributed by atoms with Crippen molar-refractivity contribution in [3.05, 3.63) is 54.6 Å². The van der Waals surface area contributed by atoms with Crippen molar-refractivity contribution in [3.8, 4) is 11.5 Å². The SMILES string of the molecule is CC(C)NC(=O)CN(C)c1ccccc1Oc1ccccc1. The van der Waals surface area contributed by atoms with Crippen LogP contribution in [0.15, 0.2) is 54.6 Å². The molecule has 22 heavy (non-hydrogen) atoms. The van der Waals surface area contributed by atoms with Crippen LogP contribution in [0.3, 0.4) is 0 Å². The van der Waals surface area contributed by atoms with Gasteiger partial charge in [0.15, 0.2) is 5.75 Å². The lowest BCUT2D eigenvalue weighted by Gasteiger charge is -2.22. The summed E-state index contributed by atoms with van der Waals surface area (Å²) >= 11 is 0. The highest BCUT2D eigenvalue weighted by Crippen LogP contribution is 2.31. The predicted octanol–water partition coefficient (Wildman–Crippen LogP) is 3.44. The van der Waals surface area contributed by atoms with Crippen LogP contribution in [-0.4, -0.2) is 25.5 Å². The summed E-state index contributed by atoms with van der Waals surface area (Å²) in [7, 11) is 1.88. The monoisotopic (exact) mass is 298 g/mol. The van der Waals surface area contributed by atoms with E-state index in [-0.39, 0.29) is 18.5 Å². The fraction of sp³-hybridized carbons (Fsp3) is 0.278. The van der Waals surface area contributed by atoms with Crippen molar-refractivity contribution >= 4 is 11.6 Å². The van der Waals surface area contributed by atoms with E-state index in [9.17, 15) is 4.79 Å². The number of nitrogens with zero attached hydrogens (tertiary/aromatic N) is 1. The molecule has 0 aliphatic heterocycles. The van der Waals surface area contributed by atoms with Gasteiger partial charge in [-0.25, -0.2) is 0 Å². The summed E-state index contributed by atoms with van der Waals surface area (Å²) in [6, 6.07) is 17.5. The fourth-order valence-corrected chi connectivity index (χ4v) is 2.14. The van der Waals surface area contributed by atoms with E-state index in [1.54, 1.807) is 0 Å². The molecule has 0 spiro atoms. The Morgan fingerprint density at radius 2 is 1.73 bits per heavy atom. The van der Waals surface area contributed by atoms with Gasteiger partial charge in [-0.3, -0.25) is 4.79 Å². The maximum Gasteiger partial charge on any atom is 0.239 e. The Bertz CT molecular complexity index is 611. The zero-order valence-corrected chi connectivity index (χ0v) is 13.2. The number of nitrogens with one attached hydrogen (secondary N) is 1. The molecule has 0 aliphatic carbocycles. The first-order valence-electron chi connectivity index (χ1n) is 7.38. The van der Waals surface area contributed by atoms with E-state index in [1.807, 2.05) is 80.4 Å². The van der Waals surface area contributed by atoms with Crippen LogP contribution in [0.2, 0.25) is 0 Å². The Morgan fingerprint density at radius 1 is 1.09 bits per heavy atom. The molecule has 116 valence electrons. The number of ether oxygens (including phenoxy) is 1. The van der Waals surface area contributed by atoms with Gasteiger partial charge >= 0.3 is 0 Å². The number of carbonyl (C=O) groups is 1. The molecule has 0 fully saturated rings. The number of anilines is 1. The van der Waals surface area contributed by atoms with Crippen molar-refractivity contribution in [2.24, 2.45) is 0 Å². The van der Waals surface area contributed by atoms with E-state index in [2.05, 4.69) is 5.32 Å². The molecule has 0 radical (unpaired) electrons. The van der Waals surface area contributed by atoms with Gasteiger partial charge in [0.05, 0.1) is 12.2 Å². The molecular weight excluding hydrogens is 276 g/mol. The number of rotatable bonds is 6. The maximum atomic E-state index is 11.9. The van der Waals surface area contributed by atoms with Crippen LogP contribution >= 0.6 is 0 Å². The molecule has 0 aliphatic rings. The summed E-state index contributed by atoms with van der Waals surface area (Å²) in [6.07, 6.45) is 0. The van der Waals surface area contributed by atoms with Crippen LogP contribution in [0.4, 0.5) is 5.69 Å². The fourth-order valence-electron chi connectivity index (χ4n) is 2.14. The van der Waals surface area contributed by atoms with Gasteiger partial charge in [-0.05, 0) is 38.1 Å². The van der Waals surface area contributed by atoms with Crippen molar-refractivity contribution in [1.29, 1.82) is 0 Å². The van der Waals surface area contributed by atoms with Gasteiger partial charge in [-0.2, -0.15) is 0 Å². The number of amides is 1. The smallest absolute Gasteiger partial charge is 0.239 e. The molecule has 1 amide bonds. The molecule has 0 atom stereocenters. The zero-order valence-electron chi connectivity index (χ0n) is 13.2. The van der Waals surface area contributed by atoms with Gasteiger partial charge in [-0.1, -0.05) is 30.3 Å². The second-order valence-electron chi connectivity index (χ2n) is 5.46.